The van der Waals surface area contributed by atoms with E-state index in [4.69, 9.17) is 11.5 Å². The maximum absolute atomic E-state index is 5.63. The van der Waals surface area contributed by atoms with Crippen LogP contribution in [0.25, 0.3) is 10.9 Å². The van der Waals surface area contributed by atoms with Gasteiger partial charge in [-0.15, -0.1) is 12.6 Å². The Morgan fingerprint density at radius 3 is 2.83 bits per heavy atom. The lowest BCUT2D eigenvalue weighted by Gasteiger charge is -1.97. The van der Waals surface area contributed by atoms with Gasteiger partial charge in [0.05, 0.1) is 5.52 Å². The summed E-state index contributed by atoms with van der Waals surface area (Å²) in [6.45, 7) is 0. The van der Waals surface area contributed by atoms with Crippen LogP contribution < -0.4 is 11.5 Å². The number of rotatable bonds is 0. The molecule has 1 heterocycles. The summed E-state index contributed by atoms with van der Waals surface area (Å²) < 4.78 is 0. The van der Waals surface area contributed by atoms with Crippen molar-refractivity contribution in [3.05, 3.63) is 12.1 Å². The number of fused-ring (bicyclic) bond motifs is 1. The average Bonchev–Trinajstić information content (AvgIpc) is 2.35. The molecule has 0 aliphatic carbocycles. The fraction of sp³-hybridized carbons (Fsp3) is 0. The van der Waals surface area contributed by atoms with Crippen LogP contribution in [0.5, 0.6) is 0 Å². The molecule has 1 aromatic carbocycles. The van der Waals surface area contributed by atoms with Crippen LogP contribution in [0.15, 0.2) is 17.0 Å². The maximum Gasteiger partial charge on any atom is 0.153 e. The fourth-order valence-corrected chi connectivity index (χ4v) is 1.28. The molecule has 5 heteroatoms. The lowest BCUT2D eigenvalue weighted by Crippen LogP contribution is -1.87. The number of H-pyrrole nitrogens is 1. The molecule has 2 rings (SSSR count). The van der Waals surface area contributed by atoms with Gasteiger partial charge in [-0.2, -0.15) is 5.10 Å². The first-order valence-corrected chi connectivity index (χ1v) is 3.85. The van der Waals surface area contributed by atoms with Gasteiger partial charge >= 0.3 is 0 Å². The van der Waals surface area contributed by atoms with E-state index in [2.05, 4.69) is 22.8 Å². The average molecular weight is 180 g/mol. The number of aromatic amines is 1. The Morgan fingerprint density at radius 2 is 2.08 bits per heavy atom. The highest BCUT2D eigenvalue weighted by atomic mass is 32.1. The van der Waals surface area contributed by atoms with Crippen LogP contribution in [0, 0.1) is 0 Å². The van der Waals surface area contributed by atoms with E-state index in [-0.39, 0.29) is 0 Å². The van der Waals surface area contributed by atoms with Crippen LogP contribution in [0.4, 0.5) is 11.5 Å². The van der Waals surface area contributed by atoms with Crippen molar-refractivity contribution in [2.75, 3.05) is 11.5 Å². The van der Waals surface area contributed by atoms with Crippen molar-refractivity contribution < 1.29 is 0 Å². The molecule has 0 bridgehead atoms. The number of hydrogen-bond donors (Lipinski definition) is 4. The van der Waals surface area contributed by atoms with Crippen LogP contribution in [0.1, 0.15) is 0 Å². The molecule has 0 atom stereocenters. The van der Waals surface area contributed by atoms with Crippen molar-refractivity contribution in [2.45, 2.75) is 4.90 Å². The molecule has 12 heavy (non-hydrogen) atoms. The van der Waals surface area contributed by atoms with Gasteiger partial charge in [0.15, 0.2) is 5.82 Å². The van der Waals surface area contributed by atoms with Gasteiger partial charge < -0.3 is 11.5 Å². The second-order valence-electron chi connectivity index (χ2n) is 2.57. The highest BCUT2D eigenvalue weighted by molar-refractivity contribution is 7.80. The molecule has 0 aliphatic heterocycles. The molecule has 0 radical (unpaired) electrons. The van der Waals surface area contributed by atoms with E-state index >= 15 is 0 Å². The predicted molar refractivity (Wildman–Crippen MR) is 52.2 cm³/mol. The zero-order valence-electron chi connectivity index (χ0n) is 6.20. The number of nitrogens with zero attached hydrogens (tertiary/aromatic N) is 1. The number of benzene rings is 1. The zero-order chi connectivity index (χ0) is 8.72. The molecule has 0 saturated heterocycles. The minimum Gasteiger partial charge on any atom is -0.398 e. The minimum absolute atomic E-state index is 0.473. The lowest BCUT2D eigenvalue weighted by molar-refractivity contribution is 1.13. The molecule has 62 valence electrons. The highest BCUT2D eigenvalue weighted by Gasteiger charge is 2.04. The van der Waals surface area contributed by atoms with E-state index in [1.54, 1.807) is 12.1 Å². The number of nitrogens with two attached hydrogens (primary N) is 2. The third-order valence-electron chi connectivity index (χ3n) is 1.74. The Morgan fingerprint density at radius 1 is 1.33 bits per heavy atom. The lowest BCUT2D eigenvalue weighted by atomic mass is 10.2. The van der Waals surface area contributed by atoms with Gasteiger partial charge in [-0.1, -0.05) is 0 Å². The Hall–Kier alpha value is -1.36. The summed E-state index contributed by atoms with van der Waals surface area (Å²) >= 11 is 4.17. The Balaban J connectivity index is 2.87. The first kappa shape index (κ1) is 7.30. The highest BCUT2D eigenvalue weighted by Crippen LogP contribution is 2.25. The summed E-state index contributed by atoms with van der Waals surface area (Å²) in [5.41, 5.74) is 12.7. The molecule has 0 aliphatic rings. The molecule has 5 N–H and O–H groups in total. The van der Waals surface area contributed by atoms with Gasteiger partial charge in [0.25, 0.3) is 0 Å². The summed E-state index contributed by atoms with van der Waals surface area (Å²) in [5.74, 6) is 0.473. The second kappa shape index (κ2) is 2.31. The van der Waals surface area contributed by atoms with Gasteiger partial charge in [0.2, 0.25) is 0 Å². The Kier molecular flexibility index (Phi) is 1.41. The first-order chi connectivity index (χ1) is 5.68. The molecular formula is C7H8N4S. The smallest absolute Gasteiger partial charge is 0.153 e. The van der Waals surface area contributed by atoms with Crippen molar-refractivity contribution in [3.63, 3.8) is 0 Å². The summed E-state index contributed by atoms with van der Waals surface area (Å²) in [6, 6.07) is 3.56. The SMILES string of the molecule is Nc1cc2[nH]nc(N)c2cc1S. The maximum atomic E-state index is 5.63. The molecule has 2 aromatic rings. The largest absolute Gasteiger partial charge is 0.398 e. The molecule has 0 spiro atoms. The summed E-state index contributed by atoms with van der Waals surface area (Å²) in [4.78, 5) is 0.718. The molecule has 4 nitrogen and oxygen atoms in total. The number of hydrogen-bond acceptors (Lipinski definition) is 4. The first-order valence-electron chi connectivity index (χ1n) is 3.40. The van der Waals surface area contributed by atoms with Gasteiger partial charge in [0, 0.05) is 16.0 Å². The fourth-order valence-electron chi connectivity index (χ4n) is 1.09. The molecule has 0 saturated carbocycles. The molecule has 0 unspecified atom stereocenters. The van der Waals surface area contributed by atoms with Gasteiger partial charge in [0.1, 0.15) is 0 Å². The summed E-state index contributed by atoms with van der Waals surface area (Å²) in [6.07, 6.45) is 0. The van der Waals surface area contributed by atoms with E-state index in [0.29, 0.717) is 11.5 Å². The molecular weight excluding hydrogens is 172 g/mol. The van der Waals surface area contributed by atoms with Gasteiger partial charge in [-0.25, -0.2) is 0 Å². The number of thiol groups is 1. The number of nitrogen functional groups attached to an aromatic ring is 2. The Labute approximate surface area is 74.3 Å². The van der Waals surface area contributed by atoms with Gasteiger partial charge in [-0.05, 0) is 12.1 Å². The van der Waals surface area contributed by atoms with E-state index < -0.39 is 0 Å². The van der Waals surface area contributed by atoms with Gasteiger partial charge in [-0.3, -0.25) is 5.10 Å². The predicted octanol–water partition coefficient (Wildman–Crippen LogP) is 1.02. The molecule has 0 amide bonds. The molecule has 1 aromatic heterocycles. The van der Waals surface area contributed by atoms with E-state index in [0.717, 1.165) is 15.8 Å². The number of nitrogens with one attached hydrogen (secondary N) is 1. The van der Waals surface area contributed by atoms with Crippen molar-refractivity contribution in [3.8, 4) is 0 Å². The quantitative estimate of drug-likeness (QED) is 0.361. The number of aromatic nitrogens is 2. The minimum atomic E-state index is 0.473. The van der Waals surface area contributed by atoms with Crippen LogP contribution in [-0.4, -0.2) is 10.2 Å². The second-order valence-corrected chi connectivity index (χ2v) is 3.05. The third kappa shape index (κ3) is 0.902. The summed E-state index contributed by atoms with van der Waals surface area (Å²) in [5, 5.41) is 7.46. The van der Waals surface area contributed by atoms with Crippen LogP contribution in [0.2, 0.25) is 0 Å². The van der Waals surface area contributed by atoms with E-state index in [1.165, 1.54) is 0 Å². The number of anilines is 2. The standard InChI is InChI=1S/C7H8N4S/c8-4-2-5-3(1-6(4)12)7(9)11-10-5/h1-2,12H,8H2,(H3,9,10,11). The third-order valence-corrected chi connectivity index (χ3v) is 2.13. The van der Waals surface area contributed by atoms with Crippen LogP contribution >= 0.6 is 12.6 Å². The van der Waals surface area contributed by atoms with Crippen molar-refractivity contribution in [1.29, 1.82) is 0 Å². The van der Waals surface area contributed by atoms with Crippen molar-refractivity contribution >= 4 is 35.0 Å². The van der Waals surface area contributed by atoms with E-state index in [1.807, 2.05) is 0 Å². The topological polar surface area (TPSA) is 80.7 Å². The monoisotopic (exact) mass is 180 g/mol. The van der Waals surface area contributed by atoms with Crippen LogP contribution in [0.3, 0.4) is 0 Å². The zero-order valence-corrected chi connectivity index (χ0v) is 7.10. The Bertz CT molecular complexity index is 434. The van der Waals surface area contributed by atoms with Crippen LogP contribution in [-0.2, 0) is 0 Å². The van der Waals surface area contributed by atoms with Crippen molar-refractivity contribution in [1.82, 2.24) is 10.2 Å². The molecule has 0 fully saturated rings. The normalized spacial score (nSPS) is 10.8. The van der Waals surface area contributed by atoms with Crippen molar-refractivity contribution in [2.24, 2.45) is 0 Å². The summed E-state index contributed by atoms with van der Waals surface area (Å²) in [7, 11) is 0. The van der Waals surface area contributed by atoms with E-state index in [9.17, 15) is 0 Å².